The van der Waals surface area contributed by atoms with Crippen LogP contribution in [0.3, 0.4) is 0 Å². The number of piperazine rings is 1. The molecule has 0 spiro atoms. The van der Waals surface area contributed by atoms with Gasteiger partial charge in [0.15, 0.2) is 0 Å². The summed E-state index contributed by atoms with van der Waals surface area (Å²) in [5.74, 6) is 0.430. The van der Waals surface area contributed by atoms with E-state index in [0.29, 0.717) is 5.75 Å². The van der Waals surface area contributed by atoms with Crippen LogP contribution in [0.4, 0.5) is 5.69 Å². The maximum absolute atomic E-state index is 9.84. The van der Waals surface area contributed by atoms with Gasteiger partial charge in [-0.1, -0.05) is 13.0 Å². The highest BCUT2D eigenvalue weighted by Crippen LogP contribution is 2.25. The normalized spacial score (nSPS) is 17.8. The molecule has 1 fully saturated rings. The van der Waals surface area contributed by atoms with Crippen molar-refractivity contribution in [2.24, 2.45) is 0 Å². The first-order chi connectivity index (χ1) is 7.70. The predicted molar refractivity (Wildman–Crippen MR) is 67.2 cm³/mol. The fourth-order valence-electron chi connectivity index (χ4n) is 2.11. The van der Waals surface area contributed by atoms with Crippen LogP contribution in [0.15, 0.2) is 18.2 Å². The number of likely N-dealkylation sites (N-methyl/N-ethyl adjacent to an activating group) is 1. The number of benzene rings is 1. The molecule has 0 amide bonds. The first kappa shape index (κ1) is 11.3. The Morgan fingerprint density at radius 3 is 2.44 bits per heavy atom. The van der Waals surface area contributed by atoms with Gasteiger partial charge in [-0.15, -0.1) is 0 Å². The minimum absolute atomic E-state index is 0.430. The molecule has 1 aliphatic heterocycles. The molecule has 1 saturated heterocycles. The van der Waals surface area contributed by atoms with E-state index in [1.807, 2.05) is 12.1 Å². The average molecular weight is 220 g/mol. The molecular weight excluding hydrogens is 200 g/mol. The number of aryl methyl sites for hydroxylation is 1. The van der Waals surface area contributed by atoms with Crippen molar-refractivity contribution in [3.05, 3.63) is 23.8 Å². The first-order valence-corrected chi connectivity index (χ1v) is 5.96. The fraction of sp³-hybridized carbons (Fsp3) is 0.538. The summed E-state index contributed by atoms with van der Waals surface area (Å²) < 4.78 is 0. The van der Waals surface area contributed by atoms with E-state index in [-0.39, 0.29) is 0 Å². The lowest BCUT2D eigenvalue weighted by Crippen LogP contribution is -2.44. The molecule has 1 N–H and O–H groups in total. The quantitative estimate of drug-likeness (QED) is 0.822. The lowest BCUT2D eigenvalue weighted by atomic mass is 10.1. The highest BCUT2D eigenvalue weighted by atomic mass is 16.3. The van der Waals surface area contributed by atoms with Crippen molar-refractivity contribution in [3.63, 3.8) is 0 Å². The van der Waals surface area contributed by atoms with Crippen LogP contribution in [0.5, 0.6) is 5.75 Å². The van der Waals surface area contributed by atoms with Crippen LogP contribution >= 0.6 is 0 Å². The molecule has 1 aliphatic rings. The molecule has 0 aromatic heterocycles. The van der Waals surface area contributed by atoms with E-state index >= 15 is 0 Å². The van der Waals surface area contributed by atoms with Gasteiger partial charge >= 0.3 is 0 Å². The van der Waals surface area contributed by atoms with Crippen LogP contribution in [0, 0.1) is 0 Å². The lowest BCUT2D eigenvalue weighted by Gasteiger charge is -2.34. The second-order valence-corrected chi connectivity index (χ2v) is 4.46. The Morgan fingerprint density at radius 2 is 1.88 bits per heavy atom. The Morgan fingerprint density at radius 1 is 1.19 bits per heavy atom. The highest BCUT2D eigenvalue weighted by molar-refractivity contribution is 5.53. The van der Waals surface area contributed by atoms with Crippen LogP contribution in [0.1, 0.15) is 12.5 Å². The molecule has 0 bridgehead atoms. The monoisotopic (exact) mass is 220 g/mol. The van der Waals surface area contributed by atoms with Gasteiger partial charge in [-0.3, -0.25) is 0 Å². The Bertz CT molecular complexity index is 357. The van der Waals surface area contributed by atoms with Gasteiger partial charge in [0.2, 0.25) is 0 Å². The van der Waals surface area contributed by atoms with Gasteiger partial charge in [-0.25, -0.2) is 0 Å². The van der Waals surface area contributed by atoms with Crippen molar-refractivity contribution in [1.29, 1.82) is 0 Å². The number of aromatic hydroxyl groups is 1. The number of rotatable bonds is 2. The maximum atomic E-state index is 9.84. The first-order valence-electron chi connectivity index (χ1n) is 5.96. The molecule has 0 saturated carbocycles. The van der Waals surface area contributed by atoms with Gasteiger partial charge in [-0.2, -0.15) is 0 Å². The van der Waals surface area contributed by atoms with Crippen LogP contribution in [-0.2, 0) is 6.42 Å². The van der Waals surface area contributed by atoms with E-state index in [1.54, 1.807) is 0 Å². The summed E-state index contributed by atoms with van der Waals surface area (Å²) in [5, 5.41) is 9.84. The standard InChI is InChI=1S/C13H20N2O/c1-3-11-4-5-12(10-13(11)16)15-8-6-14(2)7-9-15/h4-5,10,16H,3,6-9H2,1-2H3. The highest BCUT2D eigenvalue weighted by Gasteiger charge is 2.14. The maximum Gasteiger partial charge on any atom is 0.120 e. The smallest absolute Gasteiger partial charge is 0.120 e. The molecule has 0 radical (unpaired) electrons. The molecule has 1 aromatic carbocycles. The van der Waals surface area contributed by atoms with E-state index in [2.05, 4.69) is 29.8 Å². The molecule has 0 unspecified atom stereocenters. The zero-order valence-corrected chi connectivity index (χ0v) is 10.1. The van der Waals surface area contributed by atoms with Gasteiger partial charge < -0.3 is 14.9 Å². The molecule has 2 rings (SSSR count). The molecule has 0 aliphatic carbocycles. The Balaban J connectivity index is 2.12. The summed E-state index contributed by atoms with van der Waals surface area (Å²) in [6.07, 6.45) is 0.884. The van der Waals surface area contributed by atoms with Gasteiger partial charge in [0.05, 0.1) is 0 Å². The minimum Gasteiger partial charge on any atom is -0.508 e. The topological polar surface area (TPSA) is 26.7 Å². The second kappa shape index (κ2) is 4.74. The SMILES string of the molecule is CCc1ccc(N2CCN(C)CC2)cc1O. The van der Waals surface area contributed by atoms with E-state index in [4.69, 9.17) is 0 Å². The largest absolute Gasteiger partial charge is 0.508 e. The van der Waals surface area contributed by atoms with E-state index in [0.717, 1.165) is 43.9 Å². The number of nitrogens with zero attached hydrogens (tertiary/aromatic N) is 2. The van der Waals surface area contributed by atoms with Crippen molar-refractivity contribution in [2.75, 3.05) is 38.1 Å². The third-order valence-electron chi connectivity index (χ3n) is 3.32. The van der Waals surface area contributed by atoms with E-state index in [1.165, 1.54) is 0 Å². The molecule has 1 aromatic rings. The van der Waals surface area contributed by atoms with E-state index < -0.39 is 0 Å². The second-order valence-electron chi connectivity index (χ2n) is 4.46. The summed E-state index contributed by atoms with van der Waals surface area (Å²) in [6, 6.07) is 6.04. The zero-order valence-electron chi connectivity index (χ0n) is 10.1. The van der Waals surface area contributed by atoms with Crippen molar-refractivity contribution in [2.45, 2.75) is 13.3 Å². The van der Waals surface area contributed by atoms with Crippen molar-refractivity contribution < 1.29 is 5.11 Å². The third-order valence-corrected chi connectivity index (χ3v) is 3.32. The van der Waals surface area contributed by atoms with Crippen molar-refractivity contribution in [3.8, 4) is 5.75 Å². The summed E-state index contributed by atoms with van der Waals surface area (Å²) in [4.78, 5) is 4.66. The molecule has 88 valence electrons. The number of anilines is 1. The number of hydrogen-bond acceptors (Lipinski definition) is 3. The van der Waals surface area contributed by atoms with Gasteiger partial charge in [-0.05, 0) is 25.1 Å². The molecular formula is C13H20N2O. The molecule has 1 heterocycles. The van der Waals surface area contributed by atoms with Crippen molar-refractivity contribution >= 4 is 5.69 Å². The van der Waals surface area contributed by atoms with Crippen LogP contribution < -0.4 is 4.90 Å². The minimum atomic E-state index is 0.430. The van der Waals surface area contributed by atoms with Crippen molar-refractivity contribution in [1.82, 2.24) is 4.90 Å². The lowest BCUT2D eigenvalue weighted by molar-refractivity contribution is 0.312. The molecule has 3 heteroatoms. The average Bonchev–Trinajstić information content (AvgIpc) is 2.30. The Hall–Kier alpha value is -1.22. The van der Waals surface area contributed by atoms with Crippen LogP contribution in [0.2, 0.25) is 0 Å². The third kappa shape index (κ3) is 2.30. The number of phenols is 1. The summed E-state index contributed by atoms with van der Waals surface area (Å²) in [6.45, 7) is 6.33. The number of phenolic OH excluding ortho intramolecular Hbond substituents is 1. The summed E-state index contributed by atoms with van der Waals surface area (Å²) in [7, 11) is 2.15. The fourth-order valence-corrected chi connectivity index (χ4v) is 2.11. The van der Waals surface area contributed by atoms with Gasteiger partial charge in [0.1, 0.15) is 5.75 Å². The van der Waals surface area contributed by atoms with E-state index in [9.17, 15) is 5.11 Å². The molecule has 3 nitrogen and oxygen atoms in total. The predicted octanol–water partition coefficient (Wildman–Crippen LogP) is 1.71. The molecule has 16 heavy (non-hydrogen) atoms. The number of hydrogen-bond donors (Lipinski definition) is 1. The van der Waals surface area contributed by atoms with Crippen LogP contribution in [-0.4, -0.2) is 43.2 Å². The van der Waals surface area contributed by atoms with Crippen LogP contribution in [0.25, 0.3) is 0 Å². The summed E-state index contributed by atoms with van der Waals surface area (Å²) >= 11 is 0. The Labute approximate surface area is 97.3 Å². The molecule has 0 atom stereocenters. The van der Waals surface area contributed by atoms with Gasteiger partial charge in [0, 0.05) is 37.9 Å². The Kier molecular flexibility index (Phi) is 3.34. The summed E-state index contributed by atoms with van der Waals surface area (Å²) in [5.41, 5.74) is 2.17. The van der Waals surface area contributed by atoms with Gasteiger partial charge in [0.25, 0.3) is 0 Å². The zero-order chi connectivity index (χ0) is 11.5.